The first-order valence-corrected chi connectivity index (χ1v) is 10.6. The lowest BCUT2D eigenvalue weighted by molar-refractivity contribution is -0.141. The van der Waals surface area contributed by atoms with Crippen molar-refractivity contribution in [1.82, 2.24) is 24.5 Å². The fourth-order valence-electron chi connectivity index (χ4n) is 4.06. The highest BCUT2D eigenvalue weighted by Gasteiger charge is 2.35. The zero-order valence-corrected chi connectivity index (χ0v) is 17.8. The van der Waals surface area contributed by atoms with E-state index in [4.69, 9.17) is 0 Å². The maximum atomic E-state index is 13.4. The summed E-state index contributed by atoms with van der Waals surface area (Å²) in [4.78, 5) is 27.8. The predicted molar refractivity (Wildman–Crippen MR) is 112 cm³/mol. The maximum Gasteiger partial charge on any atom is 0.435 e. The first-order valence-electron chi connectivity index (χ1n) is 10.6. The molecule has 7 nitrogen and oxygen atoms in total. The van der Waals surface area contributed by atoms with Crippen molar-refractivity contribution in [3.05, 3.63) is 58.3 Å². The lowest BCUT2D eigenvalue weighted by atomic mass is 10.0. The highest BCUT2D eigenvalue weighted by Crippen LogP contribution is 2.29. The molecule has 1 aromatic carbocycles. The molecule has 32 heavy (non-hydrogen) atoms. The van der Waals surface area contributed by atoms with E-state index in [1.165, 1.54) is 15.6 Å². The number of carbonyl (C=O) groups is 1. The zero-order chi connectivity index (χ0) is 23.0. The molecule has 0 aliphatic carbocycles. The Kier molecular flexibility index (Phi) is 5.79. The SMILES string of the molecule is CC(C)Cn1nc(C(=O)N2CCCC(n3ccc(C(F)(F)F)n3)C2)c2ccccc2c1=O. The van der Waals surface area contributed by atoms with Gasteiger partial charge >= 0.3 is 6.18 Å². The molecule has 0 saturated carbocycles. The number of aromatic nitrogens is 4. The van der Waals surface area contributed by atoms with Crippen molar-refractivity contribution in [2.45, 2.75) is 45.5 Å². The Bertz CT molecular complexity index is 1200. The molecule has 170 valence electrons. The van der Waals surface area contributed by atoms with Crippen LogP contribution in [0, 0.1) is 5.92 Å². The fourth-order valence-corrected chi connectivity index (χ4v) is 4.06. The van der Waals surface area contributed by atoms with Crippen LogP contribution in [-0.4, -0.2) is 43.5 Å². The Morgan fingerprint density at radius 2 is 1.88 bits per heavy atom. The van der Waals surface area contributed by atoms with E-state index in [1.807, 2.05) is 13.8 Å². The summed E-state index contributed by atoms with van der Waals surface area (Å²) in [6.07, 6.45) is -1.97. The van der Waals surface area contributed by atoms with E-state index in [0.29, 0.717) is 36.7 Å². The topological polar surface area (TPSA) is 73.0 Å². The molecule has 1 saturated heterocycles. The molecule has 3 heterocycles. The van der Waals surface area contributed by atoms with Crippen LogP contribution in [0.2, 0.25) is 0 Å². The number of hydrogen-bond acceptors (Lipinski definition) is 4. The van der Waals surface area contributed by atoms with Crippen molar-refractivity contribution < 1.29 is 18.0 Å². The Morgan fingerprint density at radius 3 is 2.53 bits per heavy atom. The van der Waals surface area contributed by atoms with Crippen molar-refractivity contribution in [3.8, 4) is 0 Å². The lowest BCUT2D eigenvalue weighted by Gasteiger charge is -2.33. The number of carbonyl (C=O) groups excluding carboxylic acids is 1. The number of hydrogen-bond donors (Lipinski definition) is 0. The largest absolute Gasteiger partial charge is 0.435 e. The van der Waals surface area contributed by atoms with Crippen LogP contribution in [0.1, 0.15) is 48.9 Å². The van der Waals surface area contributed by atoms with E-state index >= 15 is 0 Å². The van der Waals surface area contributed by atoms with Gasteiger partial charge < -0.3 is 4.90 Å². The average Bonchev–Trinajstić information content (AvgIpc) is 3.26. The summed E-state index contributed by atoms with van der Waals surface area (Å²) >= 11 is 0. The zero-order valence-electron chi connectivity index (χ0n) is 17.8. The molecule has 0 N–H and O–H groups in total. The molecule has 1 amide bonds. The molecule has 1 atom stereocenters. The van der Waals surface area contributed by atoms with Crippen LogP contribution >= 0.6 is 0 Å². The van der Waals surface area contributed by atoms with Crippen molar-refractivity contribution in [2.75, 3.05) is 13.1 Å². The Balaban J connectivity index is 1.66. The number of alkyl halides is 3. The summed E-state index contributed by atoms with van der Waals surface area (Å²) in [7, 11) is 0. The lowest BCUT2D eigenvalue weighted by Crippen LogP contribution is -2.42. The number of nitrogens with zero attached hydrogens (tertiary/aromatic N) is 5. The summed E-state index contributed by atoms with van der Waals surface area (Å²) in [5.74, 6) is -0.182. The van der Waals surface area contributed by atoms with Gasteiger partial charge in [-0.15, -0.1) is 0 Å². The molecular formula is C22H24F3N5O2. The molecule has 1 unspecified atom stereocenters. The van der Waals surface area contributed by atoms with E-state index in [9.17, 15) is 22.8 Å². The van der Waals surface area contributed by atoms with Gasteiger partial charge in [0.1, 0.15) is 0 Å². The quantitative estimate of drug-likeness (QED) is 0.611. The smallest absolute Gasteiger partial charge is 0.335 e. The second kappa shape index (κ2) is 8.40. The summed E-state index contributed by atoms with van der Waals surface area (Å²) in [6.45, 7) is 4.97. The predicted octanol–water partition coefficient (Wildman–Crippen LogP) is 3.75. The molecule has 4 rings (SSSR count). The Hall–Kier alpha value is -3.17. The van der Waals surface area contributed by atoms with Gasteiger partial charge in [-0.2, -0.15) is 23.4 Å². The van der Waals surface area contributed by atoms with Crippen LogP contribution in [0.25, 0.3) is 10.8 Å². The number of likely N-dealkylation sites (tertiary alicyclic amines) is 1. The molecule has 0 spiro atoms. The second-order valence-corrected chi connectivity index (χ2v) is 8.50. The van der Waals surface area contributed by atoms with Gasteiger partial charge in [0.05, 0.1) is 11.4 Å². The third-order valence-electron chi connectivity index (χ3n) is 5.57. The van der Waals surface area contributed by atoms with E-state index in [-0.39, 0.29) is 35.7 Å². The highest BCUT2D eigenvalue weighted by molar-refractivity contribution is 6.04. The van der Waals surface area contributed by atoms with Crippen molar-refractivity contribution in [3.63, 3.8) is 0 Å². The van der Waals surface area contributed by atoms with Crippen LogP contribution in [-0.2, 0) is 12.7 Å². The van der Waals surface area contributed by atoms with E-state index in [0.717, 1.165) is 6.07 Å². The fraction of sp³-hybridized carbons (Fsp3) is 0.455. The van der Waals surface area contributed by atoms with Gasteiger partial charge in [0.2, 0.25) is 0 Å². The van der Waals surface area contributed by atoms with Crippen LogP contribution in [0.5, 0.6) is 0 Å². The minimum Gasteiger partial charge on any atom is -0.335 e. The van der Waals surface area contributed by atoms with Gasteiger partial charge in [0.25, 0.3) is 11.5 Å². The first kappa shape index (κ1) is 22.0. The van der Waals surface area contributed by atoms with Crippen molar-refractivity contribution in [2.24, 2.45) is 5.92 Å². The molecule has 0 radical (unpaired) electrons. The Labute approximate surface area is 182 Å². The first-order chi connectivity index (χ1) is 15.1. The van der Waals surface area contributed by atoms with Crippen molar-refractivity contribution >= 4 is 16.7 Å². The number of piperidine rings is 1. The monoisotopic (exact) mass is 447 g/mol. The Morgan fingerprint density at radius 1 is 1.16 bits per heavy atom. The molecule has 0 bridgehead atoms. The number of amides is 1. The minimum atomic E-state index is -4.51. The molecule has 1 fully saturated rings. The number of halogens is 3. The van der Waals surface area contributed by atoms with E-state index in [2.05, 4.69) is 10.2 Å². The molecule has 1 aliphatic rings. The third kappa shape index (κ3) is 4.26. The van der Waals surface area contributed by atoms with Gasteiger partial charge in [-0.05, 0) is 30.9 Å². The van der Waals surface area contributed by atoms with Crippen LogP contribution in [0.3, 0.4) is 0 Å². The third-order valence-corrected chi connectivity index (χ3v) is 5.57. The van der Waals surface area contributed by atoms with E-state index < -0.39 is 11.9 Å². The molecule has 2 aromatic heterocycles. The minimum absolute atomic E-state index is 0.159. The van der Waals surface area contributed by atoms with Gasteiger partial charge in [0.15, 0.2) is 11.4 Å². The van der Waals surface area contributed by atoms with Gasteiger partial charge in [-0.25, -0.2) is 4.68 Å². The number of benzene rings is 1. The summed E-state index contributed by atoms with van der Waals surface area (Å²) in [5.41, 5.74) is -1.02. The summed E-state index contributed by atoms with van der Waals surface area (Å²) in [6, 6.07) is 7.43. The second-order valence-electron chi connectivity index (χ2n) is 8.50. The van der Waals surface area contributed by atoms with Crippen LogP contribution in [0.4, 0.5) is 13.2 Å². The summed E-state index contributed by atoms with van der Waals surface area (Å²) in [5, 5.41) is 8.96. The average molecular weight is 447 g/mol. The number of fused-ring (bicyclic) bond motifs is 1. The van der Waals surface area contributed by atoms with Crippen LogP contribution in [0.15, 0.2) is 41.3 Å². The van der Waals surface area contributed by atoms with Crippen LogP contribution < -0.4 is 5.56 Å². The molecule has 1 aliphatic heterocycles. The normalized spacial score (nSPS) is 17.3. The maximum absolute atomic E-state index is 13.4. The number of rotatable bonds is 4. The van der Waals surface area contributed by atoms with Gasteiger partial charge in [-0.1, -0.05) is 32.0 Å². The standard InChI is InChI=1S/C22H24F3N5O2/c1-14(2)12-30-20(31)17-8-4-3-7-16(17)19(27-30)21(32)28-10-5-6-15(13-28)29-11-9-18(26-29)22(23,24)25/h3-4,7-9,11,14-15H,5-6,10,12-13H2,1-2H3. The van der Waals surface area contributed by atoms with Gasteiger partial charge in [0, 0.05) is 31.2 Å². The molecule has 3 aromatic rings. The highest BCUT2D eigenvalue weighted by atomic mass is 19.4. The summed E-state index contributed by atoms with van der Waals surface area (Å²) < 4.78 is 41.4. The van der Waals surface area contributed by atoms with E-state index in [1.54, 1.807) is 29.2 Å². The molecular weight excluding hydrogens is 423 g/mol. The van der Waals surface area contributed by atoms with Crippen molar-refractivity contribution in [1.29, 1.82) is 0 Å². The van der Waals surface area contributed by atoms with Gasteiger partial charge in [-0.3, -0.25) is 14.3 Å². The molecule has 10 heteroatoms.